The molecule has 6 nitrogen and oxygen atoms in total. The number of aliphatic hydroxyl groups is 2. The molecule has 1 saturated heterocycles. The van der Waals surface area contributed by atoms with E-state index in [4.69, 9.17) is 9.84 Å². The van der Waals surface area contributed by atoms with E-state index >= 15 is 0 Å². The fraction of sp³-hybridized carbons (Fsp3) is 0.435. The number of amides is 1. The average molecular weight is 416 g/mol. The van der Waals surface area contributed by atoms with Crippen LogP contribution >= 0.6 is 0 Å². The normalized spacial score (nSPS) is 19.0. The molecule has 0 radical (unpaired) electrons. The van der Waals surface area contributed by atoms with Crippen LogP contribution in [0.1, 0.15) is 11.1 Å². The zero-order valence-electron chi connectivity index (χ0n) is 17.0. The summed E-state index contributed by atoms with van der Waals surface area (Å²) in [5.41, 5.74) is 1.88. The largest absolute Gasteiger partial charge is 0.394 e. The molecule has 162 valence electrons. The standard InChI is InChI=1S/C23H29FN2O4/c24-20-8-4-7-19(11-20)17-30-22-13-25(12-21(28)16-27)15-23(29)26(14-22)10-9-18-5-2-1-3-6-18/h1-8,11,21-22,27-28H,9-10,12-17H2. The van der Waals surface area contributed by atoms with Crippen molar-refractivity contribution in [2.24, 2.45) is 0 Å². The molecule has 1 aliphatic heterocycles. The molecule has 1 fully saturated rings. The Bertz CT molecular complexity index is 805. The molecule has 1 aliphatic rings. The number of ether oxygens (including phenoxy) is 1. The Morgan fingerprint density at radius 3 is 2.60 bits per heavy atom. The number of hydrogen-bond acceptors (Lipinski definition) is 5. The number of carbonyl (C=O) groups excluding carboxylic acids is 1. The van der Waals surface area contributed by atoms with E-state index in [9.17, 15) is 14.3 Å². The molecule has 0 spiro atoms. The molecule has 2 N–H and O–H groups in total. The van der Waals surface area contributed by atoms with Gasteiger partial charge in [-0.1, -0.05) is 42.5 Å². The Morgan fingerprint density at radius 2 is 1.87 bits per heavy atom. The molecular weight excluding hydrogens is 387 g/mol. The van der Waals surface area contributed by atoms with Crippen molar-refractivity contribution in [1.82, 2.24) is 9.80 Å². The predicted octanol–water partition coefficient (Wildman–Crippen LogP) is 1.45. The van der Waals surface area contributed by atoms with Gasteiger partial charge in [-0.25, -0.2) is 4.39 Å². The second-order valence-corrected chi connectivity index (χ2v) is 7.67. The van der Waals surface area contributed by atoms with Crippen LogP contribution in [-0.2, 0) is 22.6 Å². The van der Waals surface area contributed by atoms with Gasteiger partial charge in [0.15, 0.2) is 0 Å². The van der Waals surface area contributed by atoms with E-state index in [2.05, 4.69) is 0 Å². The average Bonchev–Trinajstić information content (AvgIpc) is 2.89. The van der Waals surface area contributed by atoms with Crippen LogP contribution in [0.5, 0.6) is 0 Å². The van der Waals surface area contributed by atoms with Gasteiger partial charge in [-0.3, -0.25) is 9.69 Å². The summed E-state index contributed by atoms with van der Waals surface area (Å²) in [6.07, 6.45) is -0.471. The zero-order valence-corrected chi connectivity index (χ0v) is 17.0. The highest BCUT2D eigenvalue weighted by Gasteiger charge is 2.29. The summed E-state index contributed by atoms with van der Waals surface area (Å²) >= 11 is 0. The molecule has 2 atom stereocenters. The van der Waals surface area contributed by atoms with Gasteiger partial charge in [0.05, 0.1) is 32.0 Å². The highest BCUT2D eigenvalue weighted by molar-refractivity contribution is 5.78. The van der Waals surface area contributed by atoms with Gasteiger partial charge in [-0.05, 0) is 29.7 Å². The van der Waals surface area contributed by atoms with Gasteiger partial charge >= 0.3 is 0 Å². The first-order chi connectivity index (χ1) is 14.5. The minimum atomic E-state index is -0.919. The Balaban J connectivity index is 1.66. The van der Waals surface area contributed by atoms with Crippen LogP contribution < -0.4 is 0 Å². The van der Waals surface area contributed by atoms with Crippen LogP contribution in [0, 0.1) is 5.82 Å². The van der Waals surface area contributed by atoms with Crippen molar-refractivity contribution in [1.29, 1.82) is 0 Å². The molecule has 2 unspecified atom stereocenters. The van der Waals surface area contributed by atoms with E-state index in [0.29, 0.717) is 19.6 Å². The summed E-state index contributed by atoms with van der Waals surface area (Å²) < 4.78 is 19.5. The van der Waals surface area contributed by atoms with E-state index in [-0.39, 0.29) is 44.1 Å². The number of benzene rings is 2. The lowest BCUT2D eigenvalue weighted by molar-refractivity contribution is -0.132. The number of nitrogens with zero attached hydrogens (tertiary/aromatic N) is 2. The van der Waals surface area contributed by atoms with Gasteiger partial charge in [-0.2, -0.15) is 0 Å². The highest BCUT2D eigenvalue weighted by Crippen LogP contribution is 2.13. The van der Waals surface area contributed by atoms with Crippen LogP contribution in [-0.4, -0.2) is 77.5 Å². The van der Waals surface area contributed by atoms with Gasteiger partial charge in [0, 0.05) is 26.2 Å². The maximum Gasteiger partial charge on any atom is 0.236 e. The van der Waals surface area contributed by atoms with Crippen LogP contribution in [0.3, 0.4) is 0 Å². The quantitative estimate of drug-likeness (QED) is 0.647. The number of hydrogen-bond donors (Lipinski definition) is 2. The second kappa shape index (κ2) is 11.2. The van der Waals surface area contributed by atoms with Crippen molar-refractivity contribution in [3.8, 4) is 0 Å². The van der Waals surface area contributed by atoms with Crippen LogP contribution in [0.15, 0.2) is 54.6 Å². The molecular formula is C23H29FN2O4. The molecule has 1 heterocycles. The third-order valence-electron chi connectivity index (χ3n) is 5.17. The summed E-state index contributed by atoms with van der Waals surface area (Å²) in [4.78, 5) is 16.4. The third kappa shape index (κ3) is 6.88. The van der Waals surface area contributed by atoms with Crippen molar-refractivity contribution >= 4 is 5.91 Å². The fourth-order valence-electron chi connectivity index (χ4n) is 3.62. The van der Waals surface area contributed by atoms with Crippen molar-refractivity contribution in [2.75, 3.05) is 39.3 Å². The van der Waals surface area contributed by atoms with E-state index in [1.165, 1.54) is 12.1 Å². The Labute approximate surface area is 176 Å². The molecule has 2 aromatic carbocycles. The van der Waals surface area contributed by atoms with Crippen molar-refractivity contribution in [2.45, 2.75) is 25.2 Å². The van der Waals surface area contributed by atoms with Gasteiger partial charge in [-0.15, -0.1) is 0 Å². The molecule has 30 heavy (non-hydrogen) atoms. The lowest BCUT2D eigenvalue weighted by Crippen LogP contribution is -2.41. The Kier molecular flexibility index (Phi) is 8.33. The molecule has 0 aliphatic carbocycles. The zero-order chi connectivity index (χ0) is 21.3. The number of halogens is 1. The van der Waals surface area contributed by atoms with Crippen molar-refractivity contribution in [3.63, 3.8) is 0 Å². The highest BCUT2D eigenvalue weighted by atomic mass is 19.1. The van der Waals surface area contributed by atoms with Crippen LogP contribution in [0.2, 0.25) is 0 Å². The number of carbonyl (C=O) groups is 1. The monoisotopic (exact) mass is 416 g/mol. The molecule has 1 amide bonds. The SMILES string of the molecule is O=C1CN(CC(O)CO)CC(OCc2cccc(F)c2)CN1CCc1ccccc1. The Hall–Kier alpha value is -2.32. The predicted molar refractivity (Wildman–Crippen MR) is 111 cm³/mol. The number of β-amino-alcohol motifs (C(OH)–C–C–N with tert-alkyl or cyclic N) is 1. The summed E-state index contributed by atoms with van der Waals surface area (Å²) in [6.45, 7) is 1.66. The molecule has 0 saturated carbocycles. The Morgan fingerprint density at radius 1 is 1.10 bits per heavy atom. The number of rotatable bonds is 9. The number of aliphatic hydroxyl groups excluding tert-OH is 2. The maximum atomic E-state index is 13.4. The van der Waals surface area contributed by atoms with E-state index in [0.717, 1.165) is 17.5 Å². The van der Waals surface area contributed by atoms with Gasteiger partial charge in [0.2, 0.25) is 5.91 Å². The lowest BCUT2D eigenvalue weighted by Gasteiger charge is -2.25. The minimum absolute atomic E-state index is 0.0343. The van der Waals surface area contributed by atoms with Crippen molar-refractivity contribution < 1.29 is 24.1 Å². The minimum Gasteiger partial charge on any atom is -0.394 e. The molecule has 0 bridgehead atoms. The second-order valence-electron chi connectivity index (χ2n) is 7.67. The first kappa shape index (κ1) is 22.4. The summed E-state index contributed by atoms with van der Waals surface area (Å²) in [6, 6.07) is 16.2. The van der Waals surface area contributed by atoms with E-state index in [1.807, 2.05) is 35.2 Å². The molecule has 0 aromatic heterocycles. The molecule has 3 rings (SSSR count). The van der Waals surface area contributed by atoms with Gasteiger partial charge < -0.3 is 19.8 Å². The maximum absolute atomic E-state index is 13.4. The first-order valence-electron chi connectivity index (χ1n) is 10.2. The van der Waals surface area contributed by atoms with Gasteiger partial charge in [0.1, 0.15) is 5.82 Å². The van der Waals surface area contributed by atoms with Gasteiger partial charge in [0.25, 0.3) is 0 Å². The summed E-state index contributed by atoms with van der Waals surface area (Å²) in [5.74, 6) is -0.350. The van der Waals surface area contributed by atoms with Crippen LogP contribution in [0.25, 0.3) is 0 Å². The van der Waals surface area contributed by atoms with E-state index < -0.39 is 6.10 Å². The molecule has 7 heteroatoms. The summed E-state index contributed by atoms with van der Waals surface area (Å²) in [7, 11) is 0. The third-order valence-corrected chi connectivity index (χ3v) is 5.17. The molecule has 2 aromatic rings. The van der Waals surface area contributed by atoms with Crippen molar-refractivity contribution in [3.05, 3.63) is 71.5 Å². The smallest absolute Gasteiger partial charge is 0.236 e. The lowest BCUT2D eigenvalue weighted by atomic mass is 10.1. The van der Waals surface area contributed by atoms with Crippen LogP contribution in [0.4, 0.5) is 4.39 Å². The fourth-order valence-corrected chi connectivity index (χ4v) is 3.62. The van der Waals surface area contributed by atoms with E-state index in [1.54, 1.807) is 17.0 Å². The first-order valence-corrected chi connectivity index (χ1v) is 10.2. The summed E-state index contributed by atoms with van der Waals surface area (Å²) in [5, 5.41) is 19.0. The topological polar surface area (TPSA) is 73.2 Å².